The number of carbonyl (C=O) groups excluding carboxylic acids is 2. The number of carbonyl (C=O) groups is 3. The fourth-order valence-electron chi connectivity index (χ4n) is 1.60. The third kappa shape index (κ3) is 6.83. The van der Waals surface area contributed by atoms with Gasteiger partial charge in [0.2, 0.25) is 5.60 Å². The largest absolute Gasteiger partial charge is 0.477 e. The molecular weight excluding hydrogens is 386 g/mol. The number of ether oxygens (including phenoxy) is 1. The minimum absolute atomic E-state index is 0.171. The van der Waals surface area contributed by atoms with E-state index in [0.29, 0.717) is 0 Å². The number of alkyl halides is 1. The average molecular weight is 408 g/mol. The monoisotopic (exact) mass is 407 g/mol. The van der Waals surface area contributed by atoms with E-state index >= 15 is 0 Å². The highest BCUT2D eigenvalue weighted by atomic mass is 35.5. The summed E-state index contributed by atoms with van der Waals surface area (Å²) >= 11 is 5.39. The van der Waals surface area contributed by atoms with E-state index in [2.05, 4.69) is 14.5 Å². The summed E-state index contributed by atoms with van der Waals surface area (Å²) in [6, 6.07) is -0.836. The topological polar surface area (TPSA) is 127 Å². The first-order valence-electron chi connectivity index (χ1n) is 7.62. The molecule has 1 rings (SSSR count). The van der Waals surface area contributed by atoms with Gasteiger partial charge in [-0.25, -0.2) is 9.59 Å². The van der Waals surface area contributed by atoms with Gasteiger partial charge >= 0.3 is 11.9 Å². The number of oxime groups is 1. The molecule has 1 heterocycles. The van der Waals surface area contributed by atoms with E-state index in [1.807, 2.05) is 0 Å². The SMILES string of the molecule is CC(C)(C)OC(=O)C(C)(C)O/N=C(\C(=O)O)C1CS(=NC(=O)CCl)C=N1. The zero-order chi connectivity index (χ0) is 20.1. The zero-order valence-corrected chi connectivity index (χ0v) is 16.8. The fourth-order valence-corrected chi connectivity index (χ4v) is 3.12. The summed E-state index contributed by atoms with van der Waals surface area (Å²) in [6.07, 6.45) is 0. The van der Waals surface area contributed by atoms with Crippen LogP contribution in [0.15, 0.2) is 14.5 Å². The number of carboxylic acids is 1. The number of hydrogen-bond donors (Lipinski definition) is 1. The number of rotatable bonds is 6. The van der Waals surface area contributed by atoms with E-state index in [4.69, 9.17) is 21.2 Å². The van der Waals surface area contributed by atoms with Gasteiger partial charge in [0.05, 0.1) is 5.55 Å². The zero-order valence-electron chi connectivity index (χ0n) is 15.2. The molecule has 9 nitrogen and oxygen atoms in total. The second kappa shape index (κ2) is 8.72. The van der Waals surface area contributed by atoms with Crippen molar-refractivity contribution in [2.45, 2.75) is 51.9 Å². The van der Waals surface area contributed by atoms with Crippen LogP contribution in [0.5, 0.6) is 0 Å². The Labute approximate surface area is 158 Å². The van der Waals surface area contributed by atoms with Crippen LogP contribution in [0, 0.1) is 0 Å². The molecule has 0 saturated heterocycles. The van der Waals surface area contributed by atoms with Gasteiger partial charge in [-0.05, 0) is 45.3 Å². The number of esters is 1. The van der Waals surface area contributed by atoms with Crippen LogP contribution in [0.3, 0.4) is 0 Å². The lowest BCUT2D eigenvalue weighted by atomic mass is 10.1. The van der Waals surface area contributed by atoms with E-state index in [-0.39, 0.29) is 17.3 Å². The van der Waals surface area contributed by atoms with Crippen molar-refractivity contribution in [1.82, 2.24) is 0 Å². The quantitative estimate of drug-likeness (QED) is 0.308. The summed E-state index contributed by atoms with van der Waals surface area (Å²) in [7, 11) is -0.863. The van der Waals surface area contributed by atoms with Crippen molar-refractivity contribution in [3.63, 3.8) is 0 Å². The Morgan fingerprint density at radius 2 is 1.92 bits per heavy atom. The lowest BCUT2D eigenvalue weighted by molar-refractivity contribution is -0.179. The van der Waals surface area contributed by atoms with Gasteiger partial charge in [-0.3, -0.25) is 9.79 Å². The highest BCUT2D eigenvalue weighted by molar-refractivity contribution is 8.01. The number of nitrogens with zero attached hydrogens (tertiary/aromatic N) is 3. The summed E-state index contributed by atoms with van der Waals surface area (Å²) in [5.74, 6) is -2.62. The van der Waals surface area contributed by atoms with Crippen LogP contribution in [0.2, 0.25) is 0 Å². The van der Waals surface area contributed by atoms with Gasteiger partial charge in [-0.1, -0.05) is 5.16 Å². The highest BCUT2D eigenvalue weighted by Crippen LogP contribution is 2.18. The van der Waals surface area contributed by atoms with Crippen molar-refractivity contribution in [1.29, 1.82) is 0 Å². The van der Waals surface area contributed by atoms with Crippen molar-refractivity contribution < 1.29 is 29.1 Å². The average Bonchev–Trinajstić information content (AvgIpc) is 2.93. The maximum atomic E-state index is 12.1. The van der Waals surface area contributed by atoms with E-state index in [1.54, 1.807) is 20.8 Å². The summed E-state index contributed by atoms with van der Waals surface area (Å²) in [5, 5.41) is 13.0. The molecule has 0 aliphatic carbocycles. The van der Waals surface area contributed by atoms with Crippen molar-refractivity contribution >= 4 is 51.4 Å². The Balaban J connectivity index is 2.90. The lowest BCUT2D eigenvalue weighted by Crippen LogP contribution is -2.40. The van der Waals surface area contributed by atoms with Crippen LogP contribution in [0.1, 0.15) is 34.6 Å². The molecule has 1 amide bonds. The third-order valence-corrected chi connectivity index (χ3v) is 4.51. The molecule has 26 heavy (non-hydrogen) atoms. The van der Waals surface area contributed by atoms with Gasteiger partial charge in [0, 0.05) is 5.75 Å². The van der Waals surface area contributed by atoms with Crippen LogP contribution in [0.25, 0.3) is 0 Å². The van der Waals surface area contributed by atoms with Crippen LogP contribution in [-0.2, 0) is 34.6 Å². The molecule has 146 valence electrons. The molecule has 0 saturated carbocycles. The van der Waals surface area contributed by atoms with Gasteiger partial charge in [0.15, 0.2) is 5.71 Å². The van der Waals surface area contributed by atoms with Gasteiger partial charge < -0.3 is 14.7 Å². The molecule has 0 fully saturated rings. The molecule has 1 N–H and O–H groups in total. The second-order valence-electron chi connectivity index (χ2n) is 6.84. The Bertz CT molecular complexity index is 681. The normalized spacial score (nSPS) is 20.9. The van der Waals surface area contributed by atoms with Crippen LogP contribution < -0.4 is 0 Å². The number of amides is 1. The van der Waals surface area contributed by atoms with Gasteiger partial charge in [-0.15, -0.1) is 11.6 Å². The predicted octanol–water partition coefficient (Wildman–Crippen LogP) is 1.54. The van der Waals surface area contributed by atoms with Gasteiger partial charge in [-0.2, -0.15) is 4.36 Å². The molecule has 0 aromatic heterocycles. The molecule has 0 aromatic rings. The Hall–Kier alpha value is -1.81. The first-order chi connectivity index (χ1) is 11.9. The summed E-state index contributed by atoms with van der Waals surface area (Å²) < 4.78 is 9.03. The minimum atomic E-state index is -1.49. The van der Waals surface area contributed by atoms with Crippen LogP contribution in [0.4, 0.5) is 0 Å². The molecule has 1 aliphatic heterocycles. The molecule has 0 spiro atoms. The molecule has 0 bridgehead atoms. The molecule has 0 aromatic carbocycles. The number of aliphatic carboxylic acids is 1. The molecule has 0 radical (unpaired) electrons. The Kier molecular flexibility index (Phi) is 7.45. The highest BCUT2D eigenvalue weighted by Gasteiger charge is 2.36. The predicted molar refractivity (Wildman–Crippen MR) is 98.7 cm³/mol. The standard InChI is InChI=1S/C15H22ClN3O6S/c1-14(2,3)24-13(23)15(4,5)25-18-11(12(21)22)9-7-26(8-17-9)19-10(20)6-16/h8-9H,6-7H2,1-5H3,(H,21,22)/b18-11-. The van der Waals surface area contributed by atoms with Crippen molar-refractivity contribution in [2.75, 3.05) is 11.6 Å². The van der Waals surface area contributed by atoms with Crippen LogP contribution in [-0.4, -0.2) is 63.1 Å². The first-order valence-corrected chi connectivity index (χ1v) is 9.57. The van der Waals surface area contributed by atoms with Crippen molar-refractivity contribution in [3.8, 4) is 0 Å². The Morgan fingerprint density at radius 3 is 2.42 bits per heavy atom. The van der Waals surface area contributed by atoms with Gasteiger partial charge in [0.25, 0.3) is 5.91 Å². The second-order valence-corrected chi connectivity index (χ2v) is 8.64. The van der Waals surface area contributed by atoms with E-state index in [9.17, 15) is 19.5 Å². The van der Waals surface area contributed by atoms with E-state index in [1.165, 1.54) is 19.4 Å². The lowest BCUT2D eigenvalue weighted by Gasteiger charge is -2.26. The summed E-state index contributed by atoms with van der Waals surface area (Å²) in [6.45, 7) is 7.94. The maximum Gasteiger partial charge on any atom is 0.356 e. The van der Waals surface area contributed by atoms with Crippen LogP contribution >= 0.6 is 11.6 Å². The molecule has 11 heteroatoms. The first kappa shape index (κ1) is 22.2. The van der Waals surface area contributed by atoms with Crippen molar-refractivity contribution in [3.05, 3.63) is 0 Å². The van der Waals surface area contributed by atoms with E-state index in [0.717, 1.165) is 0 Å². The smallest absolute Gasteiger partial charge is 0.356 e. The molecule has 1 aliphatic rings. The molecular formula is C15H22ClN3O6S. The third-order valence-electron chi connectivity index (χ3n) is 2.82. The van der Waals surface area contributed by atoms with E-state index < -0.39 is 45.8 Å². The number of aliphatic imine (C=N–C) groups is 1. The summed E-state index contributed by atoms with van der Waals surface area (Å²) in [5.41, 5.74) is -1.21. The maximum absolute atomic E-state index is 12.1. The van der Waals surface area contributed by atoms with Gasteiger partial charge in [0.1, 0.15) is 17.5 Å². The number of hydrogen-bond acceptors (Lipinski definition) is 7. The Morgan fingerprint density at radius 1 is 1.31 bits per heavy atom. The van der Waals surface area contributed by atoms with Crippen molar-refractivity contribution in [2.24, 2.45) is 14.5 Å². The fraction of sp³-hybridized carbons (Fsp3) is 0.667. The molecule has 2 atom stereocenters. The minimum Gasteiger partial charge on any atom is -0.477 e. The number of carboxylic acid groups (broad SMARTS) is 1. The summed E-state index contributed by atoms with van der Waals surface area (Å²) in [4.78, 5) is 44.0. The number of halogens is 1. The molecule has 2 unspecified atom stereocenters.